The molecule has 0 amide bonds. The summed E-state index contributed by atoms with van der Waals surface area (Å²) in [5.74, 6) is 0.486. The molecule has 2 heterocycles. The highest BCUT2D eigenvalue weighted by Gasteiger charge is 2.33. The van der Waals surface area contributed by atoms with Crippen molar-refractivity contribution in [3.63, 3.8) is 0 Å². The summed E-state index contributed by atoms with van der Waals surface area (Å²) < 4.78 is 39.3. The first-order chi connectivity index (χ1) is 11.0. The van der Waals surface area contributed by atoms with Crippen LogP contribution in [0.1, 0.15) is 10.4 Å². The van der Waals surface area contributed by atoms with Crippen molar-refractivity contribution in [3.05, 3.63) is 64.6 Å². The van der Waals surface area contributed by atoms with Crippen LogP contribution >= 0.6 is 11.3 Å². The first-order valence-electron chi connectivity index (χ1n) is 6.79. The summed E-state index contributed by atoms with van der Waals surface area (Å²) in [6.45, 7) is 0.565. The third-order valence-electron chi connectivity index (χ3n) is 3.20. The molecule has 1 N–H and O–H groups in total. The molecule has 2 aromatic heterocycles. The van der Waals surface area contributed by atoms with Crippen molar-refractivity contribution in [3.8, 4) is 11.3 Å². The maximum absolute atomic E-state index is 13.1. The summed E-state index contributed by atoms with van der Waals surface area (Å²) in [6, 6.07) is 10.8. The molecule has 0 unspecified atom stereocenters. The molecular formula is C16H12F3N3S. The fourth-order valence-electron chi connectivity index (χ4n) is 2.15. The van der Waals surface area contributed by atoms with E-state index in [0.29, 0.717) is 12.4 Å². The Morgan fingerprint density at radius 1 is 1.04 bits per heavy atom. The Labute approximate surface area is 134 Å². The van der Waals surface area contributed by atoms with Gasteiger partial charge in [-0.2, -0.15) is 13.2 Å². The van der Waals surface area contributed by atoms with Crippen molar-refractivity contribution in [1.82, 2.24) is 9.97 Å². The van der Waals surface area contributed by atoms with Gasteiger partial charge in [0.05, 0.1) is 17.8 Å². The highest BCUT2D eigenvalue weighted by molar-refractivity contribution is 7.09. The van der Waals surface area contributed by atoms with Crippen LogP contribution in [-0.4, -0.2) is 9.97 Å². The Balaban J connectivity index is 1.88. The van der Waals surface area contributed by atoms with Crippen LogP contribution in [0.4, 0.5) is 19.0 Å². The Morgan fingerprint density at radius 3 is 2.61 bits per heavy atom. The molecule has 3 rings (SSSR count). The maximum atomic E-state index is 13.1. The first kappa shape index (κ1) is 15.5. The van der Waals surface area contributed by atoms with Gasteiger partial charge in [-0.15, -0.1) is 11.3 Å². The van der Waals surface area contributed by atoms with E-state index in [1.54, 1.807) is 17.4 Å². The predicted octanol–water partition coefficient (Wildman–Crippen LogP) is 4.84. The molecule has 7 heteroatoms. The van der Waals surface area contributed by atoms with Crippen molar-refractivity contribution >= 4 is 17.2 Å². The fourth-order valence-corrected chi connectivity index (χ4v) is 2.79. The van der Waals surface area contributed by atoms with E-state index in [9.17, 15) is 13.2 Å². The third kappa shape index (κ3) is 3.68. The van der Waals surface area contributed by atoms with Crippen LogP contribution in [0, 0.1) is 0 Å². The van der Waals surface area contributed by atoms with E-state index in [-0.39, 0.29) is 11.3 Å². The SMILES string of the molecule is FC(F)(F)c1ccccc1-c1cc(NCc2cccs2)ncn1. The van der Waals surface area contributed by atoms with Crippen molar-refractivity contribution < 1.29 is 13.2 Å². The van der Waals surface area contributed by atoms with Crippen LogP contribution in [0.15, 0.2) is 54.2 Å². The van der Waals surface area contributed by atoms with Gasteiger partial charge in [-0.3, -0.25) is 0 Å². The van der Waals surface area contributed by atoms with Crippen molar-refractivity contribution in [2.45, 2.75) is 12.7 Å². The van der Waals surface area contributed by atoms with E-state index >= 15 is 0 Å². The standard InChI is InChI=1S/C16H12F3N3S/c17-16(18,19)13-6-2-1-5-12(13)14-8-15(22-10-21-14)20-9-11-4-3-7-23-11/h1-8,10H,9H2,(H,20,21,22). The van der Waals surface area contributed by atoms with Crippen molar-refractivity contribution in [2.24, 2.45) is 0 Å². The molecule has 0 aliphatic carbocycles. The molecule has 0 aliphatic rings. The molecule has 0 aliphatic heterocycles. The number of halogens is 3. The van der Waals surface area contributed by atoms with Crippen LogP contribution in [0.25, 0.3) is 11.3 Å². The van der Waals surface area contributed by atoms with E-state index in [4.69, 9.17) is 0 Å². The van der Waals surface area contributed by atoms with Gasteiger partial charge in [0.2, 0.25) is 0 Å². The minimum atomic E-state index is -4.42. The molecule has 0 saturated heterocycles. The van der Waals surface area contributed by atoms with Gasteiger partial charge in [0.25, 0.3) is 0 Å². The number of hydrogen-bond acceptors (Lipinski definition) is 4. The van der Waals surface area contributed by atoms with Gasteiger partial charge in [-0.1, -0.05) is 24.3 Å². The largest absolute Gasteiger partial charge is 0.417 e. The zero-order chi connectivity index (χ0) is 16.3. The van der Waals surface area contributed by atoms with Crippen molar-refractivity contribution in [1.29, 1.82) is 0 Å². The molecule has 0 radical (unpaired) electrons. The number of alkyl halides is 3. The maximum Gasteiger partial charge on any atom is 0.417 e. The van der Waals surface area contributed by atoms with E-state index in [1.807, 2.05) is 17.5 Å². The lowest BCUT2D eigenvalue weighted by Crippen LogP contribution is -2.08. The summed E-state index contributed by atoms with van der Waals surface area (Å²) >= 11 is 1.59. The van der Waals surface area contributed by atoms with Gasteiger partial charge < -0.3 is 5.32 Å². The molecule has 118 valence electrons. The summed E-state index contributed by atoms with van der Waals surface area (Å²) in [5, 5.41) is 5.05. The smallest absolute Gasteiger partial charge is 0.365 e. The number of rotatable bonds is 4. The molecule has 0 bridgehead atoms. The normalized spacial score (nSPS) is 11.4. The average molecular weight is 335 g/mol. The molecule has 1 aromatic carbocycles. The topological polar surface area (TPSA) is 37.8 Å². The first-order valence-corrected chi connectivity index (χ1v) is 7.67. The van der Waals surface area contributed by atoms with Crippen LogP contribution < -0.4 is 5.32 Å². The molecule has 3 aromatic rings. The lowest BCUT2D eigenvalue weighted by atomic mass is 10.0. The highest BCUT2D eigenvalue weighted by atomic mass is 32.1. The van der Waals surface area contributed by atoms with E-state index in [2.05, 4.69) is 15.3 Å². The van der Waals surface area contributed by atoms with Crippen LogP contribution in [-0.2, 0) is 12.7 Å². The van der Waals surface area contributed by atoms with Crippen LogP contribution in [0.3, 0.4) is 0 Å². The quantitative estimate of drug-likeness (QED) is 0.742. The lowest BCUT2D eigenvalue weighted by Gasteiger charge is -2.12. The number of hydrogen-bond donors (Lipinski definition) is 1. The summed E-state index contributed by atoms with van der Waals surface area (Å²) in [4.78, 5) is 9.15. The van der Waals surface area contributed by atoms with Gasteiger partial charge in [-0.25, -0.2) is 9.97 Å². The zero-order valence-electron chi connectivity index (χ0n) is 11.8. The third-order valence-corrected chi connectivity index (χ3v) is 4.08. The number of nitrogens with one attached hydrogen (secondary N) is 1. The number of anilines is 1. The second kappa shape index (κ2) is 6.37. The van der Waals surface area contributed by atoms with Crippen LogP contribution in [0.2, 0.25) is 0 Å². The molecular weight excluding hydrogens is 323 g/mol. The Bertz CT molecular complexity index is 785. The highest BCUT2D eigenvalue weighted by Crippen LogP contribution is 2.36. The minimum absolute atomic E-state index is 0.0431. The molecule has 23 heavy (non-hydrogen) atoms. The van der Waals surface area contributed by atoms with Crippen molar-refractivity contribution in [2.75, 3.05) is 5.32 Å². The average Bonchev–Trinajstić information content (AvgIpc) is 3.06. The van der Waals surface area contributed by atoms with E-state index in [1.165, 1.54) is 24.5 Å². The van der Waals surface area contributed by atoms with E-state index in [0.717, 1.165) is 10.9 Å². The van der Waals surface area contributed by atoms with E-state index < -0.39 is 11.7 Å². The van der Waals surface area contributed by atoms with Gasteiger partial charge in [0.1, 0.15) is 12.1 Å². The number of thiophene rings is 1. The van der Waals surface area contributed by atoms with Gasteiger partial charge in [0.15, 0.2) is 0 Å². The zero-order valence-corrected chi connectivity index (χ0v) is 12.7. The second-order valence-electron chi connectivity index (χ2n) is 4.76. The fraction of sp³-hybridized carbons (Fsp3) is 0.125. The number of benzene rings is 1. The van der Waals surface area contributed by atoms with Gasteiger partial charge in [-0.05, 0) is 17.5 Å². The number of nitrogens with zero attached hydrogens (tertiary/aromatic N) is 2. The Kier molecular flexibility index (Phi) is 4.29. The molecule has 0 saturated carbocycles. The Morgan fingerprint density at radius 2 is 1.87 bits per heavy atom. The number of aromatic nitrogens is 2. The summed E-state index contributed by atoms with van der Waals surface area (Å²) in [7, 11) is 0. The predicted molar refractivity (Wildman–Crippen MR) is 84.1 cm³/mol. The minimum Gasteiger partial charge on any atom is -0.365 e. The molecule has 0 spiro atoms. The van der Waals surface area contributed by atoms with Gasteiger partial charge >= 0.3 is 6.18 Å². The molecule has 3 nitrogen and oxygen atoms in total. The Hall–Kier alpha value is -2.41. The summed E-state index contributed by atoms with van der Waals surface area (Å²) in [5.41, 5.74) is -0.425. The van der Waals surface area contributed by atoms with Gasteiger partial charge in [0, 0.05) is 16.5 Å². The lowest BCUT2D eigenvalue weighted by molar-refractivity contribution is -0.137. The molecule has 0 atom stereocenters. The summed E-state index contributed by atoms with van der Waals surface area (Å²) in [6.07, 6.45) is -3.16. The monoisotopic (exact) mass is 335 g/mol. The molecule has 0 fully saturated rings. The van der Waals surface area contributed by atoms with Crippen LogP contribution in [0.5, 0.6) is 0 Å². The second-order valence-corrected chi connectivity index (χ2v) is 5.80.